The molecule has 0 aromatic heterocycles. The minimum absolute atomic E-state index is 0.0896. The molecule has 0 saturated carbocycles. The van der Waals surface area contributed by atoms with E-state index in [-0.39, 0.29) is 11.8 Å². The fraction of sp³-hybridized carbons (Fsp3) is 0.278. The third-order valence-electron chi connectivity index (χ3n) is 3.51. The van der Waals surface area contributed by atoms with Crippen molar-refractivity contribution >= 4 is 17.0 Å². The lowest BCUT2D eigenvalue weighted by molar-refractivity contribution is 0.262. The third kappa shape index (κ3) is 4.50. The molecule has 0 fully saturated rings. The molecule has 122 valence electrons. The van der Waals surface area contributed by atoms with Crippen molar-refractivity contribution in [1.29, 1.82) is 0 Å². The molecule has 0 radical (unpaired) electrons. The smallest absolute Gasteiger partial charge is 0.283 e. The SMILES string of the molecule is CNC(=O)Sc1cccc(CO)c1COc1ccc(C)cc1C. The van der Waals surface area contributed by atoms with Crippen LogP contribution in [0.3, 0.4) is 0 Å². The van der Waals surface area contributed by atoms with Gasteiger partial charge in [0.2, 0.25) is 0 Å². The summed E-state index contributed by atoms with van der Waals surface area (Å²) >= 11 is 1.10. The van der Waals surface area contributed by atoms with Crippen molar-refractivity contribution < 1.29 is 14.6 Å². The molecule has 0 aliphatic heterocycles. The number of aliphatic hydroxyl groups is 1. The Morgan fingerprint density at radius 2 is 2.04 bits per heavy atom. The van der Waals surface area contributed by atoms with Crippen LogP contribution >= 0.6 is 11.8 Å². The van der Waals surface area contributed by atoms with Crippen LogP contribution in [0, 0.1) is 13.8 Å². The van der Waals surface area contributed by atoms with Gasteiger partial charge in [0.1, 0.15) is 12.4 Å². The Kier molecular flexibility index (Phi) is 6.07. The van der Waals surface area contributed by atoms with E-state index in [4.69, 9.17) is 4.74 Å². The van der Waals surface area contributed by atoms with Gasteiger partial charge in [-0.25, -0.2) is 0 Å². The van der Waals surface area contributed by atoms with Crippen LogP contribution in [0.15, 0.2) is 41.3 Å². The fourth-order valence-corrected chi connectivity index (χ4v) is 3.04. The molecule has 5 heteroatoms. The fourth-order valence-electron chi connectivity index (χ4n) is 2.28. The highest BCUT2D eigenvalue weighted by molar-refractivity contribution is 8.13. The predicted octanol–water partition coefficient (Wildman–Crippen LogP) is 3.81. The summed E-state index contributed by atoms with van der Waals surface area (Å²) < 4.78 is 5.92. The monoisotopic (exact) mass is 331 g/mol. The van der Waals surface area contributed by atoms with E-state index in [9.17, 15) is 9.90 Å². The summed E-state index contributed by atoms with van der Waals surface area (Å²) in [6, 6.07) is 11.5. The number of amides is 1. The third-order valence-corrected chi connectivity index (χ3v) is 4.50. The Morgan fingerprint density at radius 1 is 1.26 bits per heavy atom. The van der Waals surface area contributed by atoms with E-state index >= 15 is 0 Å². The van der Waals surface area contributed by atoms with Crippen molar-refractivity contribution in [2.24, 2.45) is 0 Å². The molecule has 0 atom stereocenters. The predicted molar refractivity (Wildman–Crippen MR) is 92.9 cm³/mol. The maximum atomic E-state index is 11.6. The first kappa shape index (κ1) is 17.4. The lowest BCUT2D eigenvalue weighted by atomic mass is 10.1. The molecule has 23 heavy (non-hydrogen) atoms. The summed E-state index contributed by atoms with van der Waals surface area (Å²) in [4.78, 5) is 12.4. The first-order chi connectivity index (χ1) is 11.0. The highest BCUT2D eigenvalue weighted by Crippen LogP contribution is 2.28. The number of hydrogen-bond donors (Lipinski definition) is 2. The molecule has 0 bridgehead atoms. The average molecular weight is 331 g/mol. The highest BCUT2D eigenvalue weighted by Gasteiger charge is 2.13. The van der Waals surface area contributed by atoms with Crippen molar-refractivity contribution in [3.63, 3.8) is 0 Å². The first-order valence-electron chi connectivity index (χ1n) is 7.36. The number of rotatable bonds is 5. The van der Waals surface area contributed by atoms with Crippen molar-refractivity contribution in [2.45, 2.75) is 32.0 Å². The quantitative estimate of drug-likeness (QED) is 0.818. The van der Waals surface area contributed by atoms with Crippen molar-refractivity contribution in [2.75, 3.05) is 7.05 Å². The summed E-state index contributed by atoms with van der Waals surface area (Å²) in [6.07, 6.45) is 0. The molecule has 0 spiro atoms. The van der Waals surface area contributed by atoms with Gasteiger partial charge in [0.05, 0.1) is 6.61 Å². The molecule has 0 unspecified atom stereocenters. The van der Waals surface area contributed by atoms with E-state index in [1.807, 2.05) is 44.2 Å². The Hall–Kier alpha value is -1.98. The van der Waals surface area contributed by atoms with E-state index in [1.165, 1.54) is 5.56 Å². The lowest BCUT2D eigenvalue weighted by Crippen LogP contribution is -2.12. The van der Waals surface area contributed by atoms with Crippen LogP contribution in [0.2, 0.25) is 0 Å². The second-order valence-corrected chi connectivity index (χ2v) is 6.26. The number of aliphatic hydroxyl groups excluding tert-OH is 1. The molecule has 2 aromatic rings. The van der Waals surface area contributed by atoms with Crippen LogP contribution in [0.4, 0.5) is 4.79 Å². The molecule has 0 aliphatic rings. The van der Waals surface area contributed by atoms with Crippen LogP contribution < -0.4 is 10.1 Å². The Balaban J connectivity index is 2.24. The minimum atomic E-state index is -0.146. The van der Waals surface area contributed by atoms with Crippen molar-refractivity contribution in [1.82, 2.24) is 5.32 Å². The number of hydrogen-bond acceptors (Lipinski definition) is 4. The number of nitrogens with one attached hydrogen (secondary N) is 1. The molecule has 2 aromatic carbocycles. The highest BCUT2D eigenvalue weighted by atomic mass is 32.2. The second kappa shape index (κ2) is 8.04. The molecule has 4 nitrogen and oxygen atoms in total. The van der Waals surface area contributed by atoms with Gasteiger partial charge in [-0.3, -0.25) is 4.79 Å². The van der Waals surface area contributed by atoms with Gasteiger partial charge in [0.25, 0.3) is 5.24 Å². The standard InChI is InChI=1S/C18H21NO3S/c1-12-7-8-16(13(2)9-12)22-11-15-14(10-20)5-4-6-17(15)23-18(21)19-3/h4-9,20H,10-11H2,1-3H3,(H,19,21). The Morgan fingerprint density at radius 3 is 2.70 bits per heavy atom. The van der Waals surface area contributed by atoms with Gasteiger partial charge in [-0.1, -0.05) is 29.8 Å². The summed E-state index contributed by atoms with van der Waals surface area (Å²) in [5, 5.41) is 12.0. The summed E-state index contributed by atoms with van der Waals surface area (Å²) in [5.74, 6) is 0.805. The Bertz CT molecular complexity index is 701. The zero-order valence-corrected chi connectivity index (χ0v) is 14.4. The number of carbonyl (C=O) groups is 1. The first-order valence-corrected chi connectivity index (χ1v) is 8.18. The van der Waals surface area contributed by atoms with Gasteiger partial charge in [-0.05, 0) is 48.9 Å². The zero-order chi connectivity index (χ0) is 16.8. The van der Waals surface area contributed by atoms with Gasteiger partial charge in [-0.2, -0.15) is 0 Å². The maximum Gasteiger partial charge on any atom is 0.283 e. The molecule has 1 amide bonds. The number of ether oxygens (including phenoxy) is 1. The Labute approximate surface area is 140 Å². The maximum absolute atomic E-state index is 11.6. The van der Waals surface area contributed by atoms with Crippen LogP contribution in [0.25, 0.3) is 0 Å². The van der Waals surface area contributed by atoms with Crippen LogP contribution in [0.5, 0.6) is 5.75 Å². The molecule has 2 N–H and O–H groups in total. The van der Waals surface area contributed by atoms with Gasteiger partial charge < -0.3 is 15.2 Å². The molecule has 2 rings (SSSR count). The van der Waals surface area contributed by atoms with Crippen LogP contribution in [-0.2, 0) is 13.2 Å². The van der Waals surface area contributed by atoms with Gasteiger partial charge >= 0.3 is 0 Å². The van der Waals surface area contributed by atoms with Gasteiger partial charge in [0, 0.05) is 17.5 Å². The number of aryl methyl sites for hydroxylation is 2. The van der Waals surface area contributed by atoms with Gasteiger partial charge in [0.15, 0.2) is 0 Å². The normalized spacial score (nSPS) is 10.4. The summed E-state index contributed by atoms with van der Waals surface area (Å²) in [5.41, 5.74) is 3.85. The summed E-state index contributed by atoms with van der Waals surface area (Å²) in [7, 11) is 1.59. The van der Waals surface area contributed by atoms with Crippen molar-refractivity contribution in [3.05, 3.63) is 58.7 Å². The van der Waals surface area contributed by atoms with Crippen LogP contribution in [-0.4, -0.2) is 17.4 Å². The van der Waals surface area contributed by atoms with Crippen molar-refractivity contribution in [3.8, 4) is 5.75 Å². The number of thioether (sulfide) groups is 1. The molecule has 0 heterocycles. The molecular formula is C18H21NO3S. The number of carbonyl (C=O) groups excluding carboxylic acids is 1. The minimum Gasteiger partial charge on any atom is -0.489 e. The van der Waals surface area contributed by atoms with Gasteiger partial charge in [-0.15, -0.1) is 0 Å². The summed E-state index contributed by atoms with van der Waals surface area (Å²) in [6.45, 7) is 4.25. The largest absolute Gasteiger partial charge is 0.489 e. The molecule has 0 saturated heterocycles. The van der Waals surface area contributed by atoms with E-state index in [0.717, 1.165) is 39.1 Å². The van der Waals surface area contributed by atoms with E-state index in [2.05, 4.69) is 11.4 Å². The molecule has 0 aliphatic carbocycles. The second-order valence-electron chi connectivity index (χ2n) is 5.25. The molecular weight excluding hydrogens is 310 g/mol. The number of benzene rings is 2. The lowest BCUT2D eigenvalue weighted by Gasteiger charge is -2.15. The average Bonchev–Trinajstić information content (AvgIpc) is 2.54. The van der Waals surface area contributed by atoms with E-state index < -0.39 is 0 Å². The van der Waals surface area contributed by atoms with Crippen LogP contribution in [0.1, 0.15) is 22.3 Å². The van der Waals surface area contributed by atoms with E-state index in [0.29, 0.717) is 6.61 Å². The van der Waals surface area contributed by atoms with E-state index in [1.54, 1.807) is 7.05 Å². The zero-order valence-electron chi connectivity index (χ0n) is 13.6. The topological polar surface area (TPSA) is 58.6 Å².